The standard InChI is InChI=1S/C24H26N8O/c1-30-5-7-32(8-6-30)24-10-17(3-4-25-24)9-21(33)13-20-11-18-12-22(23-16-31(2)29-28-23)27-15-19(18)14-26-20/h3-4,10-12,14-16H,5-9,13H2,1-2H3. The molecule has 0 N–H and O–H groups in total. The summed E-state index contributed by atoms with van der Waals surface area (Å²) >= 11 is 0. The molecule has 33 heavy (non-hydrogen) atoms. The highest BCUT2D eigenvalue weighted by molar-refractivity contribution is 5.87. The zero-order chi connectivity index (χ0) is 22.8. The van der Waals surface area contributed by atoms with Crippen LogP contribution in [0.5, 0.6) is 0 Å². The Kier molecular flexibility index (Phi) is 5.78. The van der Waals surface area contributed by atoms with Crippen molar-refractivity contribution >= 4 is 22.4 Å². The van der Waals surface area contributed by atoms with Gasteiger partial charge in [0.15, 0.2) is 0 Å². The second-order valence-electron chi connectivity index (χ2n) is 8.57. The Morgan fingerprint density at radius 1 is 0.909 bits per heavy atom. The molecule has 0 radical (unpaired) electrons. The number of hydrogen-bond acceptors (Lipinski definition) is 8. The van der Waals surface area contributed by atoms with Gasteiger partial charge in [-0.1, -0.05) is 5.21 Å². The molecule has 1 fully saturated rings. The molecule has 5 rings (SSSR count). The Balaban J connectivity index is 1.28. The smallest absolute Gasteiger partial charge is 0.143 e. The molecular formula is C24H26N8O. The third-order valence-electron chi connectivity index (χ3n) is 5.94. The van der Waals surface area contributed by atoms with Crippen LogP contribution < -0.4 is 4.90 Å². The molecule has 9 nitrogen and oxygen atoms in total. The normalized spacial score (nSPS) is 14.7. The Morgan fingerprint density at radius 3 is 2.52 bits per heavy atom. The van der Waals surface area contributed by atoms with Gasteiger partial charge < -0.3 is 9.80 Å². The zero-order valence-electron chi connectivity index (χ0n) is 18.8. The van der Waals surface area contributed by atoms with Gasteiger partial charge >= 0.3 is 0 Å². The number of piperazine rings is 1. The first-order chi connectivity index (χ1) is 16.0. The van der Waals surface area contributed by atoms with Crippen LogP contribution in [0.2, 0.25) is 0 Å². The van der Waals surface area contributed by atoms with E-state index >= 15 is 0 Å². The third-order valence-corrected chi connectivity index (χ3v) is 5.94. The molecule has 1 aliphatic heterocycles. The summed E-state index contributed by atoms with van der Waals surface area (Å²) in [5.74, 6) is 1.07. The average molecular weight is 443 g/mol. The summed E-state index contributed by atoms with van der Waals surface area (Å²) in [6, 6.07) is 7.87. The minimum absolute atomic E-state index is 0.126. The lowest BCUT2D eigenvalue weighted by Crippen LogP contribution is -2.44. The maximum atomic E-state index is 12.8. The van der Waals surface area contributed by atoms with Gasteiger partial charge in [-0.2, -0.15) is 0 Å². The number of hydrogen-bond donors (Lipinski definition) is 0. The Morgan fingerprint density at radius 2 is 1.73 bits per heavy atom. The first kappa shape index (κ1) is 21.1. The van der Waals surface area contributed by atoms with Crippen LogP contribution in [0, 0.1) is 0 Å². The predicted molar refractivity (Wildman–Crippen MR) is 126 cm³/mol. The van der Waals surface area contributed by atoms with Gasteiger partial charge in [0.1, 0.15) is 17.3 Å². The lowest BCUT2D eigenvalue weighted by atomic mass is 10.0. The Labute approximate surface area is 192 Å². The molecule has 1 saturated heterocycles. The SMILES string of the molecule is CN1CCN(c2cc(CC(=O)Cc3cc4cc(-c5cn(C)nn5)ncc4cn3)ccn2)CC1. The fourth-order valence-corrected chi connectivity index (χ4v) is 4.06. The van der Waals surface area contributed by atoms with Crippen LogP contribution in [-0.4, -0.2) is 73.9 Å². The predicted octanol–water partition coefficient (Wildman–Crippen LogP) is 1.93. The number of pyridine rings is 3. The van der Waals surface area contributed by atoms with E-state index in [1.54, 1.807) is 23.3 Å². The second kappa shape index (κ2) is 9.03. The van der Waals surface area contributed by atoms with Crippen LogP contribution in [0.25, 0.3) is 22.2 Å². The number of anilines is 1. The highest BCUT2D eigenvalue weighted by Crippen LogP contribution is 2.21. The van der Waals surface area contributed by atoms with Crippen LogP contribution in [0.15, 0.2) is 49.1 Å². The van der Waals surface area contributed by atoms with Crippen molar-refractivity contribution in [2.45, 2.75) is 12.8 Å². The quantitative estimate of drug-likeness (QED) is 0.447. The van der Waals surface area contributed by atoms with E-state index < -0.39 is 0 Å². The zero-order valence-corrected chi connectivity index (χ0v) is 18.8. The van der Waals surface area contributed by atoms with Crippen molar-refractivity contribution in [1.82, 2.24) is 34.8 Å². The van der Waals surface area contributed by atoms with Gasteiger partial charge in [-0.3, -0.25) is 19.4 Å². The van der Waals surface area contributed by atoms with Crippen LogP contribution >= 0.6 is 0 Å². The van der Waals surface area contributed by atoms with Crippen molar-refractivity contribution in [1.29, 1.82) is 0 Å². The van der Waals surface area contributed by atoms with Crippen molar-refractivity contribution < 1.29 is 4.79 Å². The molecule has 0 aromatic carbocycles. The molecular weight excluding hydrogens is 416 g/mol. The van der Waals surface area contributed by atoms with E-state index in [1.807, 2.05) is 37.5 Å². The summed E-state index contributed by atoms with van der Waals surface area (Å²) in [5.41, 5.74) is 3.19. The van der Waals surface area contributed by atoms with Crippen LogP contribution in [0.1, 0.15) is 11.3 Å². The van der Waals surface area contributed by atoms with Crippen molar-refractivity contribution in [3.8, 4) is 11.4 Å². The number of likely N-dealkylation sites (N-methyl/N-ethyl adjacent to an activating group) is 1. The fraction of sp³-hybridized carbons (Fsp3) is 0.333. The number of aromatic nitrogens is 6. The number of ketones is 1. The Hall–Kier alpha value is -3.72. The first-order valence-corrected chi connectivity index (χ1v) is 11.0. The van der Waals surface area contributed by atoms with Crippen molar-refractivity contribution in [3.63, 3.8) is 0 Å². The lowest BCUT2D eigenvalue weighted by Gasteiger charge is -2.33. The van der Waals surface area contributed by atoms with Crippen LogP contribution in [-0.2, 0) is 24.7 Å². The fourth-order valence-electron chi connectivity index (χ4n) is 4.06. The summed E-state index contributed by atoms with van der Waals surface area (Å²) in [4.78, 5) is 30.9. The van der Waals surface area contributed by atoms with Gasteiger partial charge in [0, 0.05) is 75.7 Å². The highest BCUT2D eigenvalue weighted by atomic mass is 16.1. The topological polar surface area (TPSA) is 92.9 Å². The molecule has 0 atom stereocenters. The maximum Gasteiger partial charge on any atom is 0.143 e. The molecule has 0 bridgehead atoms. The average Bonchev–Trinajstić information content (AvgIpc) is 3.25. The van der Waals surface area contributed by atoms with E-state index in [2.05, 4.69) is 42.1 Å². The monoisotopic (exact) mass is 442 g/mol. The van der Waals surface area contributed by atoms with E-state index in [4.69, 9.17) is 0 Å². The molecule has 0 spiro atoms. The minimum Gasteiger partial charge on any atom is -0.354 e. The molecule has 4 aromatic heterocycles. The van der Waals surface area contributed by atoms with Crippen LogP contribution in [0.3, 0.4) is 0 Å². The summed E-state index contributed by atoms with van der Waals surface area (Å²) in [6.45, 7) is 3.94. The van der Waals surface area contributed by atoms with Gasteiger partial charge in [0.2, 0.25) is 0 Å². The molecule has 168 valence electrons. The summed E-state index contributed by atoms with van der Waals surface area (Å²) in [7, 11) is 3.95. The molecule has 1 aliphatic rings. The maximum absolute atomic E-state index is 12.8. The molecule has 0 unspecified atom stereocenters. The summed E-state index contributed by atoms with van der Waals surface area (Å²) < 4.78 is 1.64. The number of nitrogens with zero attached hydrogens (tertiary/aromatic N) is 8. The molecule has 0 saturated carbocycles. The molecule has 9 heteroatoms. The third kappa shape index (κ3) is 4.88. The lowest BCUT2D eigenvalue weighted by molar-refractivity contribution is -0.117. The summed E-state index contributed by atoms with van der Waals surface area (Å²) in [6.07, 6.45) is 7.81. The van der Waals surface area contributed by atoms with E-state index in [0.29, 0.717) is 12.1 Å². The molecule has 4 aromatic rings. The number of carbonyl (C=O) groups is 1. The number of rotatable bonds is 6. The molecule has 0 aliphatic carbocycles. The van der Waals surface area contributed by atoms with Gasteiger partial charge in [-0.15, -0.1) is 5.10 Å². The number of Topliss-reactive ketones (excluding diaryl/α,β-unsaturated/α-hetero) is 1. The van der Waals surface area contributed by atoms with Gasteiger partial charge in [-0.25, -0.2) is 4.98 Å². The summed E-state index contributed by atoms with van der Waals surface area (Å²) in [5, 5.41) is 9.99. The molecule has 5 heterocycles. The van der Waals surface area contributed by atoms with Gasteiger partial charge in [0.05, 0.1) is 11.9 Å². The van der Waals surface area contributed by atoms with Crippen molar-refractivity contribution in [3.05, 3.63) is 60.3 Å². The van der Waals surface area contributed by atoms with Gasteiger partial charge in [0.25, 0.3) is 0 Å². The molecule has 0 amide bonds. The number of carbonyl (C=O) groups excluding carboxylic acids is 1. The van der Waals surface area contributed by atoms with Crippen molar-refractivity contribution in [2.24, 2.45) is 7.05 Å². The van der Waals surface area contributed by atoms with E-state index in [-0.39, 0.29) is 12.2 Å². The number of fused-ring (bicyclic) bond motifs is 1. The minimum atomic E-state index is 0.126. The number of aryl methyl sites for hydroxylation is 1. The van der Waals surface area contributed by atoms with E-state index in [1.165, 1.54) is 0 Å². The van der Waals surface area contributed by atoms with Crippen LogP contribution in [0.4, 0.5) is 5.82 Å². The van der Waals surface area contributed by atoms with Gasteiger partial charge in [-0.05, 0) is 42.3 Å². The van der Waals surface area contributed by atoms with Crippen molar-refractivity contribution in [2.75, 3.05) is 38.1 Å². The van der Waals surface area contributed by atoms with E-state index in [9.17, 15) is 4.79 Å². The van der Waals surface area contributed by atoms with E-state index in [0.717, 1.165) is 59.7 Å². The second-order valence-corrected chi connectivity index (χ2v) is 8.57. The highest BCUT2D eigenvalue weighted by Gasteiger charge is 2.16. The largest absolute Gasteiger partial charge is 0.354 e. The first-order valence-electron chi connectivity index (χ1n) is 11.0. The Bertz CT molecular complexity index is 1290.